The van der Waals surface area contributed by atoms with Gasteiger partial charge in [0.2, 0.25) is 6.41 Å². The molecule has 1 heterocycles. The number of rotatable bonds is 3. The van der Waals surface area contributed by atoms with Crippen LogP contribution < -0.4 is 10.2 Å². The average molecular weight is 419 g/mol. The summed E-state index contributed by atoms with van der Waals surface area (Å²) in [4.78, 5) is 24.9. The van der Waals surface area contributed by atoms with Crippen molar-refractivity contribution in [1.29, 1.82) is 0 Å². The predicted octanol–water partition coefficient (Wildman–Crippen LogP) is 3.98. The molecular formula is C17H14IN3O2. The topological polar surface area (TPSA) is 54.3 Å². The molecule has 2 aromatic carbocycles. The lowest BCUT2D eigenvalue weighted by molar-refractivity contribution is -0.106. The molecule has 0 radical (unpaired) electrons. The number of halogens is 1. The number of aromatic nitrogens is 1. The van der Waals surface area contributed by atoms with Gasteiger partial charge in [-0.2, -0.15) is 0 Å². The average Bonchev–Trinajstić information content (AvgIpc) is 2.89. The Morgan fingerprint density at radius 1 is 1.22 bits per heavy atom. The van der Waals surface area contributed by atoms with Crippen LogP contribution in [0.3, 0.4) is 0 Å². The van der Waals surface area contributed by atoms with Crippen molar-refractivity contribution in [3.63, 3.8) is 0 Å². The van der Waals surface area contributed by atoms with Gasteiger partial charge in [-0.05, 0) is 64.4 Å². The molecule has 1 aromatic heterocycles. The van der Waals surface area contributed by atoms with Crippen LogP contribution in [0.25, 0.3) is 10.9 Å². The summed E-state index contributed by atoms with van der Waals surface area (Å²) >= 11 is 2.17. The third-order valence-corrected chi connectivity index (χ3v) is 4.22. The van der Waals surface area contributed by atoms with E-state index in [1.165, 1.54) is 0 Å². The third-order valence-electron chi connectivity index (χ3n) is 3.55. The standard InChI is InChI=1S/C17H14IN3O2/c1-20-8-7-12-5-6-15(10-16(12)20)21(11-22)17(23)19-14-4-2-3-13(18)9-14/h2-11H,1H3,(H,19,23). The Hall–Kier alpha value is -2.35. The van der Waals surface area contributed by atoms with Gasteiger partial charge in [0.15, 0.2) is 0 Å². The van der Waals surface area contributed by atoms with E-state index in [2.05, 4.69) is 27.9 Å². The Morgan fingerprint density at radius 3 is 2.78 bits per heavy atom. The summed E-state index contributed by atoms with van der Waals surface area (Å²) in [7, 11) is 1.92. The number of hydrogen-bond donors (Lipinski definition) is 1. The zero-order valence-electron chi connectivity index (χ0n) is 12.4. The molecule has 0 aliphatic heterocycles. The number of nitrogens with one attached hydrogen (secondary N) is 1. The highest BCUT2D eigenvalue weighted by Gasteiger charge is 2.16. The summed E-state index contributed by atoms with van der Waals surface area (Å²) in [5, 5.41) is 3.79. The van der Waals surface area contributed by atoms with Crippen molar-refractivity contribution < 1.29 is 9.59 Å². The summed E-state index contributed by atoms with van der Waals surface area (Å²) in [6.07, 6.45) is 2.46. The minimum Gasteiger partial charge on any atom is -0.350 e. The van der Waals surface area contributed by atoms with Gasteiger partial charge in [-0.15, -0.1) is 0 Å². The number of amides is 3. The highest BCUT2D eigenvalue weighted by molar-refractivity contribution is 14.1. The Morgan fingerprint density at radius 2 is 2.04 bits per heavy atom. The fraction of sp³-hybridized carbons (Fsp3) is 0.0588. The number of imide groups is 1. The highest BCUT2D eigenvalue weighted by Crippen LogP contribution is 2.23. The number of hydrogen-bond acceptors (Lipinski definition) is 2. The normalized spacial score (nSPS) is 10.5. The van der Waals surface area contributed by atoms with E-state index < -0.39 is 6.03 Å². The molecule has 1 N–H and O–H groups in total. The quantitative estimate of drug-likeness (QED) is 0.516. The van der Waals surface area contributed by atoms with E-state index in [0.29, 0.717) is 17.8 Å². The van der Waals surface area contributed by atoms with Crippen molar-refractivity contribution in [2.24, 2.45) is 7.05 Å². The number of nitrogens with zero attached hydrogens (tertiary/aromatic N) is 2. The largest absolute Gasteiger partial charge is 0.350 e. The number of carbonyl (C=O) groups excluding carboxylic acids is 2. The lowest BCUT2D eigenvalue weighted by Crippen LogP contribution is -2.33. The molecule has 0 aliphatic rings. The molecule has 3 rings (SSSR count). The van der Waals surface area contributed by atoms with Crippen LogP contribution in [0.1, 0.15) is 0 Å². The molecule has 23 heavy (non-hydrogen) atoms. The number of anilines is 2. The minimum atomic E-state index is -0.490. The first kappa shape index (κ1) is 15.5. The van der Waals surface area contributed by atoms with Crippen LogP contribution in [0, 0.1) is 3.57 Å². The van der Waals surface area contributed by atoms with Gasteiger partial charge in [0.1, 0.15) is 0 Å². The molecule has 0 aliphatic carbocycles. The van der Waals surface area contributed by atoms with Crippen LogP contribution in [0.4, 0.5) is 16.2 Å². The fourth-order valence-corrected chi connectivity index (χ4v) is 2.92. The Kier molecular flexibility index (Phi) is 4.33. The molecule has 5 nitrogen and oxygen atoms in total. The van der Waals surface area contributed by atoms with E-state index in [1.807, 2.05) is 54.2 Å². The maximum absolute atomic E-state index is 12.4. The predicted molar refractivity (Wildman–Crippen MR) is 99.6 cm³/mol. The van der Waals surface area contributed by atoms with Gasteiger partial charge in [0, 0.05) is 28.0 Å². The van der Waals surface area contributed by atoms with Crippen molar-refractivity contribution >= 4 is 57.3 Å². The number of fused-ring (bicyclic) bond motifs is 1. The highest BCUT2D eigenvalue weighted by atomic mass is 127. The molecule has 0 spiro atoms. The SMILES string of the molecule is Cn1ccc2ccc(N(C=O)C(=O)Nc3cccc(I)c3)cc21. The number of carbonyl (C=O) groups is 2. The molecule has 3 amide bonds. The van der Waals surface area contributed by atoms with E-state index >= 15 is 0 Å². The molecule has 0 saturated carbocycles. The Labute approximate surface area is 147 Å². The summed E-state index contributed by atoms with van der Waals surface area (Å²) in [6.45, 7) is 0. The minimum absolute atomic E-state index is 0.490. The maximum Gasteiger partial charge on any atom is 0.332 e. The van der Waals surface area contributed by atoms with Crippen LogP contribution >= 0.6 is 22.6 Å². The van der Waals surface area contributed by atoms with E-state index in [9.17, 15) is 9.59 Å². The van der Waals surface area contributed by atoms with Gasteiger partial charge in [-0.3, -0.25) is 4.79 Å². The second-order valence-corrected chi connectivity index (χ2v) is 6.33. The molecule has 0 unspecified atom stereocenters. The summed E-state index contributed by atoms with van der Waals surface area (Å²) in [5.74, 6) is 0. The second kappa shape index (κ2) is 6.41. The second-order valence-electron chi connectivity index (χ2n) is 5.09. The Bertz CT molecular complexity index is 888. The van der Waals surface area contributed by atoms with Crippen LogP contribution in [0.5, 0.6) is 0 Å². The molecule has 116 valence electrons. The van der Waals surface area contributed by atoms with Gasteiger partial charge in [-0.1, -0.05) is 12.1 Å². The first-order valence-electron chi connectivity index (χ1n) is 6.94. The summed E-state index contributed by atoms with van der Waals surface area (Å²) < 4.78 is 2.95. The van der Waals surface area contributed by atoms with E-state index in [-0.39, 0.29) is 0 Å². The lowest BCUT2D eigenvalue weighted by atomic mass is 10.2. The van der Waals surface area contributed by atoms with Crippen molar-refractivity contribution in [2.75, 3.05) is 10.2 Å². The zero-order chi connectivity index (χ0) is 16.4. The molecule has 6 heteroatoms. The molecule has 3 aromatic rings. The van der Waals surface area contributed by atoms with Crippen molar-refractivity contribution in [2.45, 2.75) is 0 Å². The smallest absolute Gasteiger partial charge is 0.332 e. The Balaban J connectivity index is 1.89. The van der Waals surface area contributed by atoms with Gasteiger partial charge in [0.25, 0.3) is 0 Å². The molecule has 0 atom stereocenters. The third kappa shape index (κ3) is 3.21. The van der Waals surface area contributed by atoms with Crippen LogP contribution in [-0.2, 0) is 11.8 Å². The van der Waals surface area contributed by atoms with Crippen molar-refractivity contribution in [1.82, 2.24) is 4.57 Å². The van der Waals surface area contributed by atoms with Crippen LogP contribution in [0.2, 0.25) is 0 Å². The van der Waals surface area contributed by atoms with Crippen LogP contribution in [0.15, 0.2) is 54.7 Å². The lowest BCUT2D eigenvalue weighted by Gasteiger charge is -2.17. The number of urea groups is 1. The number of benzene rings is 2. The zero-order valence-corrected chi connectivity index (χ0v) is 14.5. The maximum atomic E-state index is 12.4. The molecular weight excluding hydrogens is 405 g/mol. The first-order valence-corrected chi connectivity index (χ1v) is 8.02. The van der Waals surface area contributed by atoms with E-state index in [4.69, 9.17) is 0 Å². The van der Waals surface area contributed by atoms with Crippen molar-refractivity contribution in [3.05, 3.63) is 58.3 Å². The first-order chi connectivity index (χ1) is 11.1. The molecule has 0 bridgehead atoms. The van der Waals surface area contributed by atoms with Crippen LogP contribution in [-0.4, -0.2) is 17.0 Å². The summed E-state index contributed by atoms with van der Waals surface area (Å²) in [5.41, 5.74) is 2.13. The summed E-state index contributed by atoms with van der Waals surface area (Å²) in [6, 6.07) is 14.3. The van der Waals surface area contributed by atoms with Gasteiger partial charge < -0.3 is 9.88 Å². The van der Waals surface area contributed by atoms with E-state index in [0.717, 1.165) is 19.4 Å². The van der Waals surface area contributed by atoms with Crippen molar-refractivity contribution in [3.8, 4) is 0 Å². The van der Waals surface area contributed by atoms with Gasteiger partial charge in [-0.25, -0.2) is 9.69 Å². The monoisotopic (exact) mass is 419 g/mol. The van der Waals surface area contributed by atoms with E-state index in [1.54, 1.807) is 12.1 Å². The number of aryl methyl sites for hydroxylation is 1. The van der Waals surface area contributed by atoms with Gasteiger partial charge in [0.05, 0.1) is 5.69 Å². The fourth-order valence-electron chi connectivity index (χ4n) is 2.38. The molecule has 0 saturated heterocycles. The molecule has 0 fully saturated rings. The van der Waals surface area contributed by atoms with Gasteiger partial charge >= 0.3 is 6.03 Å².